The van der Waals surface area contributed by atoms with Crippen LogP contribution in [-0.4, -0.2) is 20.8 Å². The average Bonchev–Trinajstić information content (AvgIpc) is 2.75. The van der Waals surface area contributed by atoms with Crippen molar-refractivity contribution in [3.63, 3.8) is 0 Å². The molecule has 0 spiro atoms. The minimum absolute atomic E-state index is 0.0776. The summed E-state index contributed by atoms with van der Waals surface area (Å²) in [6.07, 6.45) is 2.04. The standard InChI is InChI=1S/C24H23ClO5S/c1-3-5-17-6-8-18(9-7-17)24(26)19-10-12-20(13-11-19)30-21-14-15-22(29-4-2)23(16-21)31(25,27)28/h6-16H,3-5H2,1-2H3. The molecule has 0 N–H and O–H groups in total. The lowest BCUT2D eigenvalue weighted by Crippen LogP contribution is -2.01. The van der Waals surface area contributed by atoms with E-state index in [0.29, 0.717) is 23.5 Å². The summed E-state index contributed by atoms with van der Waals surface area (Å²) in [6.45, 7) is 4.17. The van der Waals surface area contributed by atoms with E-state index in [4.69, 9.17) is 20.2 Å². The molecule has 3 rings (SSSR count). The second kappa shape index (κ2) is 9.98. The normalized spacial score (nSPS) is 11.2. The molecular formula is C24H23ClO5S. The fourth-order valence-corrected chi connectivity index (χ4v) is 4.09. The van der Waals surface area contributed by atoms with Crippen LogP contribution in [0.2, 0.25) is 0 Å². The van der Waals surface area contributed by atoms with Crippen molar-refractivity contribution in [1.29, 1.82) is 0 Å². The number of halogens is 1. The van der Waals surface area contributed by atoms with E-state index >= 15 is 0 Å². The monoisotopic (exact) mass is 458 g/mol. The maximum Gasteiger partial charge on any atom is 0.265 e. The van der Waals surface area contributed by atoms with Gasteiger partial charge in [-0.1, -0.05) is 37.6 Å². The molecule has 0 fully saturated rings. The van der Waals surface area contributed by atoms with Gasteiger partial charge in [0, 0.05) is 27.9 Å². The maximum absolute atomic E-state index is 12.7. The van der Waals surface area contributed by atoms with Crippen LogP contribution < -0.4 is 9.47 Å². The number of rotatable bonds is 9. The molecule has 3 aromatic rings. The predicted molar refractivity (Wildman–Crippen MR) is 121 cm³/mol. The molecule has 31 heavy (non-hydrogen) atoms. The topological polar surface area (TPSA) is 69.7 Å². The fraction of sp³-hybridized carbons (Fsp3) is 0.208. The van der Waals surface area contributed by atoms with Crippen LogP contribution in [0.4, 0.5) is 0 Å². The van der Waals surface area contributed by atoms with E-state index in [2.05, 4.69) is 6.92 Å². The molecule has 0 unspecified atom stereocenters. The van der Waals surface area contributed by atoms with E-state index in [1.54, 1.807) is 37.3 Å². The van der Waals surface area contributed by atoms with E-state index < -0.39 is 9.05 Å². The molecule has 162 valence electrons. The van der Waals surface area contributed by atoms with Gasteiger partial charge in [0.05, 0.1) is 6.61 Å². The van der Waals surface area contributed by atoms with Gasteiger partial charge in [-0.3, -0.25) is 4.79 Å². The van der Waals surface area contributed by atoms with Crippen molar-refractivity contribution in [2.45, 2.75) is 31.6 Å². The van der Waals surface area contributed by atoms with E-state index in [1.807, 2.05) is 24.3 Å². The first-order valence-electron chi connectivity index (χ1n) is 9.95. The minimum atomic E-state index is -4.00. The van der Waals surface area contributed by atoms with Gasteiger partial charge in [0.25, 0.3) is 9.05 Å². The Morgan fingerprint density at radius 2 is 1.45 bits per heavy atom. The zero-order valence-corrected chi connectivity index (χ0v) is 18.9. The maximum atomic E-state index is 12.7. The smallest absolute Gasteiger partial charge is 0.265 e. The van der Waals surface area contributed by atoms with Gasteiger partial charge in [-0.2, -0.15) is 0 Å². The van der Waals surface area contributed by atoms with Gasteiger partial charge in [-0.25, -0.2) is 8.42 Å². The van der Waals surface area contributed by atoms with Crippen molar-refractivity contribution in [2.24, 2.45) is 0 Å². The highest BCUT2D eigenvalue weighted by molar-refractivity contribution is 8.13. The van der Waals surface area contributed by atoms with Gasteiger partial charge in [-0.15, -0.1) is 0 Å². The number of hydrogen-bond acceptors (Lipinski definition) is 5. The molecule has 0 aliphatic carbocycles. The van der Waals surface area contributed by atoms with Crippen molar-refractivity contribution in [3.8, 4) is 17.2 Å². The first-order chi connectivity index (χ1) is 14.8. The molecule has 0 saturated heterocycles. The molecule has 0 aliphatic rings. The Labute approximate surface area is 187 Å². The molecule has 0 bridgehead atoms. The first-order valence-corrected chi connectivity index (χ1v) is 12.3. The van der Waals surface area contributed by atoms with Crippen LogP contribution in [0.25, 0.3) is 0 Å². The summed E-state index contributed by atoms with van der Waals surface area (Å²) in [7, 11) is 1.51. The number of ketones is 1. The van der Waals surface area contributed by atoms with Crippen molar-refractivity contribution in [2.75, 3.05) is 6.61 Å². The zero-order chi connectivity index (χ0) is 22.4. The van der Waals surface area contributed by atoms with Crippen LogP contribution in [0.15, 0.2) is 71.6 Å². The van der Waals surface area contributed by atoms with Crippen molar-refractivity contribution >= 4 is 25.5 Å². The van der Waals surface area contributed by atoms with Gasteiger partial charge in [0.2, 0.25) is 0 Å². The molecule has 0 radical (unpaired) electrons. The number of ether oxygens (including phenoxy) is 2. The molecule has 3 aromatic carbocycles. The summed E-state index contributed by atoms with van der Waals surface area (Å²) < 4.78 is 34.7. The lowest BCUT2D eigenvalue weighted by Gasteiger charge is -2.11. The van der Waals surface area contributed by atoms with E-state index in [9.17, 15) is 13.2 Å². The number of carbonyl (C=O) groups excluding carboxylic acids is 1. The van der Waals surface area contributed by atoms with Crippen LogP contribution in [0.5, 0.6) is 17.2 Å². The van der Waals surface area contributed by atoms with Gasteiger partial charge in [0.1, 0.15) is 22.1 Å². The fourth-order valence-electron chi connectivity index (χ4n) is 3.11. The van der Waals surface area contributed by atoms with Crippen molar-refractivity contribution in [3.05, 3.63) is 83.4 Å². The Kier molecular flexibility index (Phi) is 7.36. The highest BCUT2D eigenvalue weighted by atomic mass is 35.7. The van der Waals surface area contributed by atoms with Crippen molar-refractivity contribution in [1.82, 2.24) is 0 Å². The van der Waals surface area contributed by atoms with Crippen LogP contribution in [0.1, 0.15) is 41.8 Å². The molecule has 0 saturated carbocycles. The third kappa shape index (κ3) is 5.87. The molecule has 7 heteroatoms. The van der Waals surface area contributed by atoms with Crippen LogP contribution in [-0.2, 0) is 15.5 Å². The molecule has 0 aliphatic heterocycles. The highest BCUT2D eigenvalue weighted by Gasteiger charge is 2.18. The zero-order valence-electron chi connectivity index (χ0n) is 17.3. The second-order valence-electron chi connectivity index (χ2n) is 6.88. The third-order valence-corrected chi connectivity index (χ3v) is 5.93. The summed E-state index contributed by atoms with van der Waals surface area (Å²) >= 11 is 0. The number of benzene rings is 3. The lowest BCUT2D eigenvalue weighted by molar-refractivity contribution is 0.103. The first kappa shape index (κ1) is 22.8. The predicted octanol–water partition coefficient (Wildman–Crippen LogP) is 5.99. The number of hydrogen-bond donors (Lipinski definition) is 0. The summed E-state index contributed by atoms with van der Waals surface area (Å²) in [6, 6.07) is 18.7. The molecule has 0 aromatic heterocycles. The Hall–Kier alpha value is -2.83. The summed E-state index contributed by atoms with van der Waals surface area (Å²) in [5.74, 6) is 0.826. The Morgan fingerprint density at radius 3 is 2.00 bits per heavy atom. The molecule has 5 nitrogen and oxygen atoms in total. The number of aryl methyl sites for hydroxylation is 1. The summed E-state index contributed by atoms with van der Waals surface area (Å²) in [4.78, 5) is 12.5. The van der Waals surface area contributed by atoms with Crippen LogP contribution >= 0.6 is 10.7 Å². The Bertz CT molecular complexity index is 1150. The molecule has 0 heterocycles. The Balaban J connectivity index is 1.77. The lowest BCUT2D eigenvalue weighted by atomic mass is 10.0. The van der Waals surface area contributed by atoms with Crippen molar-refractivity contribution < 1.29 is 22.7 Å². The SMILES string of the molecule is CCCc1ccc(C(=O)c2ccc(Oc3ccc(OCC)c(S(=O)(=O)Cl)c3)cc2)cc1. The molecular weight excluding hydrogens is 436 g/mol. The average molecular weight is 459 g/mol. The van der Waals surface area contributed by atoms with Crippen LogP contribution in [0.3, 0.4) is 0 Å². The van der Waals surface area contributed by atoms with Gasteiger partial charge < -0.3 is 9.47 Å². The van der Waals surface area contributed by atoms with Gasteiger partial charge in [-0.05, 0) is 55.3 Å². The quantitative estimate of drug-likeness (QED) is 0.291. The Morgan fingerprint density at radius 1 is 0.871 bits per heavy atom. The van der Waals surface area contributed by atoms with E-state index in [1.165, 1.54) is 17.7 Å². The van der Waals surface area contributed by atoms with Crippen LogP contribution in [0, 0.1) is 0 Å². The largest absolute Gasteiger partial charge is 0.492 e. The summed E-state index contributed by atoms with van der Waals surface area (Å²) in [5.41, 5.74) is 2.36. The van der Waals surface area contributed by atoms with E-state index in [0.717, 1.165) is 12.8 Å². The highest BCUT2D eigenvalue weighted by Crippen LogP contribution is 2.33. The minimum Gasteiger partial charge on any atom is -0.492 e. The summed E-state index contributed by atoms with van der Waals surface area (Å²) in [5, 5.41) is 0. The number of carbonyl (C=O) groups is 1. The second-order valence-corrected chi connectivity index (χ2v) is 9.42. The van der Waals surface area contributed by atoms with E-state index in [-0.39, 0.29) is 22.2 Å². The third-order valence-electron chi connectivity index (χ3n) is 4.58. The van der Waals surface area contributed by atoms with Gasteiger partial charge >= 0.3 is 0 Å². The molecule has 0 atom stereocenters. The molecule has 0 amide bonds. The van der Waals surface area contributed by atoms with Gasteiger partial charge in [0.15, 0.2) is 5.78 Å².